The Morgan fingerprint density at radius 1 is 1.32 bits per heavy atom. The molecule has 0 saturated heterocycles. The standard InChI is InChI=1S/C19H25N3O3/c1-13-16(14(2)25-21-13)12-22(3)19(23)20-17-10-7-11-18(17)24-15-8-5-4-6-9-15/h4-6,8-9,17-18H,7,10-12H2,1-3H3,(H,20,23)/t17-,18+/m1/s1. The van der Waals surface area contributed by atoms with Gasteiger partial charge >= 0.3 is 6.03 Å². The predicted octanol–water partition coefficient (Wildman–Crippen LogP) is 3.43. The van der Waals surface area contributed by atoms with E-state index < -0.39 is 0 Å². The van der Waals surface area contributed by atoms with Crippen LogP contribution in [0.1, 0.15) is 36.3 Å². The molecule has 1 aromatic heterocycles. The Kier molecular flexibility index (Phi) is 5.26. The van der Waals surface area contributed by atoms with Gasteiger partial charge < -0.3 is 19.5 Å². The number of carbonyl (C=O) groups excluding carboxylic acids is 1. The summed E-state index contributed by atoms with van der Waals surface area (Å²) in [4.78, 5) is 14.2. The quantitative estimate of drug-likeness (QED) is 0.903. The summed E-state index contributed by atoms with van der Waals surface area (Å²) in [5.41, 5.74) is 1.78. The third-order valence-electron chi connectivity index (χ3n) is 4.72. The number of amides is 2. The Morgan fingerprint density at radius 2 is 2.08 bits per heavy atom. The summed E-state index contributed by atoms with van der Waals surface area (Å²) in [6, 6.07) is 9.68. The van der Waals surface area contributed by atoms with E-state index in [0.717, 1.165) is 42.0 Å². The molecule has 1 heterocycles. The molecule has 0 bridgehead atoms. The lowest BCUT2D eigenvalue weighted by Gasteiger charge is -2.25. The van der Waals surface area contributed by atoms with Crippen LogP contribution in [0.2, 0.25) is 0 Å². The first kappa shape index (κ1) is 17.3. The molecule has 1 saturated carbocycles. The SMILES string of the molecule is Cc1noc(C)c1CN(C)C(=O)N[C@@H]1CCC[C@@H]1Oc1ccccc1. The minimum Gasteiger partial charge on any atom is -0.488 e. The molecular weight excluding hydrogens is 318 g/mol. The van der Waals surface area contributed by atoms with Crippen LogP contribution >= 0.6 is 0 Å². The van der Waals surface area contributed by atoms with Gasteiger partial charge in [0.2, 0.25) is 0 Å². The third-order valence-corrected chi connectivity index (χ3v) is 4.72. The molecule has 0 aliphatic heterocycles. The zero-order chi connectivity index (χ0) is 17.8. The minimum absolute atomic E-state index is 0.0128. The van der Waals surface area contributed by atoms with Crippen molar-refractivity contribution in [1.29, 1.82) is 0 Å². The summed E-state index contributed by atoms with van der Waals surface area (Å²) in [6.07, 6.45) is 2.95. The van der Waals surface area contributed by atoms with E-state index in [-0.39, 0.29) is 18.2 Å². The van der Waals surface area contributed by atoms with E-state index in [2.05, 4.69) is 10.5 Å². The number of rotatable bonds is 5. The van der Waals surface area contributed by atoms with Gasteiger partial charge in [-0.1, -0.05) is 23.4 Å². The highest BCUT2D eigenvalue weighted by Gasteiger charge is 2.31. The topological polar surface area (TPSA) is 67.6 Å². The molecule has 0 radical (unpaired) electrons. The van der Waals surface area contributed by atoms with Gasteiger partial charge in [-0.15, -0.1) is 0 Å². The molecule has 2 atom stereocenters. The van der Waals surface area contributed by atoms with Crippen molar-refractivity contribution in [2.75, 3.05) is 7.05 Å². The van der Waals surface area contributed by atoms with Gasteiger partial charge in [-0.25, -0.2) is 4.79 Å². The Hall–Kier alpha value is -2.50. The molecule has 134 valence electrons. The minimum atomic E-state index is -0.103. The molecule has 1 fully saturated rings. The number of hydrogen-bond donors (Lipinski definition) is 1. The van der Waals surface area contributed by atoms with E-state index >= 15 is 0 Å². The molecule has 1 aliphatic rings. The average molecular weight is 343 g/mol. The van der Waals surface area contributed by atoms with Crippen molar-refractivity contribution in [2.45, 2.75) is 51.8 Å². The molecule has 1 aromatic carbocycles. The molecule has 2 amide bonds. The van der Waals surface area contributed by atoms with Gasteiger partial charge in [-0.3, -0.25) is 0 Å². The Bertz CT molecular complexity index is 694. The second-order valence-corrected chi connectivity index (χ2v) is 6.62. The van der Waals surface area contributed by atoms with Crippen LogP contribution in [0, 0.1) is 13.8 Å². The second-order valence-electron chi connectivity index (χ2n) is 6.62. The number of ether oxygens (including phenoxy) is 1. The normalized spacial score (nSPS) is 19.6. The summed E-state index contributed by atoms with van der Waals surface area (Å²) in [6.45, 7) is 4.23. The zero-order valence-corrected chi connectivity index (χ0v) is 15.0. The number of benzene rings is 1. The zero-order valence-electron chi connectivity index (χ0n) is 15.0. The first-order chi connectivity index (χ1) is 12.0. The lowest BCUT2D eigenvalue weighted by atomic mass is 10.2. The maximum atomic E-state index is 12.6. The van der Waals surface area contributed by atoms with E-state index in [1.165, 1.54) is 0 Å². The van der Waals surface area contributed by atoms with Crippen molar-refractivity contribution in [3.05, 3.63) is 47.3 Å². The summed E-state index contributed by atoms with van der Waals surface area (Å²) < 4.78 is 11.2. The van der Waals surface area contributed by atoms with Crippen LogP contribution in [0.5, 0.6) is 5.75 Å². The van der Waals surface area contributed by atoms with Gasteiger partial charge in [-0.2, -0.15) is 0 Å². The maximum Gasteiger partial charge on any atom is 0.317 e. The number of nitrogens with zero attached hydrogens (tertiary/aromatic N) is 2. The highest BCUT2D eigenvalue weighted by Crippen LogP contribution is 2.25. The van der Waals surface area contributed by atoms with Crippen LogP contribution in [0.4, 0.5) is 4.79 Å². The van der Waals surface area contributed by atoms with E-state index in [9.17, 15) is 4.79 Å². The van der Waals surface area contributed by atoms with Crippen molar-refractivity contribution >= 4 is 6.03 Å². The highest BCUT2D eigenvalue weighted by molar-refractivity contribution is 5.74. The van der Waals surface area contributed by atoms with Crippen LogP contribution in [0.25, 0.3) is 0 Å². The number of para-hydroxylation sites is 1. The van der Waals surface area contributed by atoms with Crippen LogP contribution in [-0.4, -0.2) is 35.3 Å². The van der Waals surface area contributed by atoms with E-state index in [1.54, 1.807) is 11.9 Å². The summed E-state index contributed by atoms with van der Waals surface area (Å²) in [7, 11) is 1.78. The van der Waals surface area contributed by atoms with Crippen LogP contribution in [0.3, 0.4) is 0 Å². The molecular formula is C19H25N3O3. The van der Waals surface area contributed by atoms with E-state index in [4.69, 9.17) is 9.26 Å². The number of carbonyl (C=O) groups is 1. The molecule has 1 N–H and O–H groups in total. The largest absolute Gasteiger partial charge is 0.488 e. The van der Waals surface area contributed by atoms with Gasteiger partial charge in [0, 0.05) is 12.6 Å². The highest BCUT2D eigenvalue weighted by atomic mass is 16.5. The number of aromatic nitrogens is 1. The van der Waals surface area contributed by atoms with Gasteiger partial charge in [0.15, 0.2) is 0 Å². The van der Waals surface area contributed by atoms with Crippen molar-refractivity contribution in [3.63, 3.8) is 0 Å². The Balaban J connectivity index is 1.57. The van der Waals surface area contributed by atoms with Gasteiger partial charge in [0.25, 0.3) is 0 Å². The molecule has 25 heavy (non-hydrogen) atoms. The molecule has 0 unspecified atom stereocenters. The monoisotopic (exact) mass is 343 g/mol. The van der Waals surface area contributed by atoms with Gasteiger partial charge in [0.1, 0.15) is 17.6 Å². The Labute approximate surface area is 148 Å². The fourth-order valence-corrected chi connectivity index (χ4v) is 3.21. The third kappa shape index (κ3) is 4.13. The summed E-state index contributed by atoms with van der Waals surface area (Å²) in [5.74, 6) is 1.60. The number of urea groups is 1. The maximum absolute atomic E-state index is 12.6. The summed E-state index contributed by atoms with van der Waals surface area (Å²) in [5, 5.41) is 7.05. The van der Waals surface area contributed by atoms with Crippen LogP contribution in [0.15, 0.2) is 34.9 Å². The van der Waals surface area contributed by atoms with Crippen LogP contribution in [-0.2, 0) is 6.54 Å². The Morgan fingerprint density at radius 3 is 2.76 bits per heavy atom. The number of nitrogens with one attached hydrogen (secondary N) is 1. The molecule has 0 spiro atoms. The van der Waals surface area contributed by atoms with Gasteiger partial charge in [-0.05, 0) is 45.2 Å². The number of aryl methyl sites for hydroxylation is 2. The van der Waals surface area contributed by atoms with Crippen molar-refractivity contribution in [3.8, 4) is 5.75 Å². The molecule has 2 aromatic rings. The first-order valence-electron chi connectivity index (χ1n) is 8.69. The van der Waals surface area contributed by atoms with Crippen molar-refractivity contribution < 1.29 is 14.1 Å². The second kappa shape index (κ2) is 7.59. The smallest absolute Gasteiger partial charge is 0.317 e. The fourth-order valence-electron chi connectivity index (χ4n) is 3.21. The average Bonchev–Trinajstić information content (AvgIpc) is 3.17. The van der Waals surface area contributed by atoms with Crippen molar-refractivity contribution in [1.82, 2.24) is 15.4 Å². The molecule has 6 heteroatoms. The van der Waals surface area contributed by atoms with Crippen molar-refractivity contribution in [2.24, 2.45) is 0 Å². The predicted molar refractivity (Wildman–Crippen MR) is 94.5 cm³/mol. The molecule has 3 rings (SSSR count). The van der Waals surface area contributed by atoms with Gasteiger partial charge in [0.05, 0.1) is 18.3 Å². The van der Waals surface area contributed by atoms with Crippen LogP contribution < -0.4 is 10.1 Å². The molecule has 1 aliphatic carbocycles. The number of hydrogen-bond acceptors (Lipinski definition) is 4. The first-order valence-corrected chi connectivity index (χ1v) is 8.69. The summed E-state index contributed by atoms with van der Waals surface area (Å²) >= 11 is 0. The lowest BCUT2D eigenvalue weighted by molar-refractivity contribution is 0.161. The van der Waals surface area contributed by atoms with E-state index in [0.29, 0.717) is 6.54 Å². The fraction of sp³-hybridized carbons (Fsp3) is 0.474. The molecule has 6 nitrogen and oxygen atoms in total. The lowest BCUT2D eigenvalue weighted by Crippen LogP contribution is -2.47. The van der Waals surface area contributed by atoms with E-state index in [1.807, 2.05) is 44.2 Å².